The molecule has 1 N–H and O–H groups in total. The Bertz CT molecular complexity index is 1330. The Morgan fingerprint density at radius 1 is 1.22 bits per heavy atom. The molecule has 0 spiro atoms. The minimum atomic E-state index is -0.309. The molecule has 0 aliphatic carbocycles. The molecule has 0 aliphatic heterocycles. The molecule has 2 amide bonds. The number of thiophene rings is 1. The number of aromatic nitrogens is 2. The van der Waals surface area contributed by atoms with Crippen molar-refractivity contribution in [3.8, 4) is 0 Å². The Balaban J connectivity index is 1.47. The van der Waals surface area contributed by atoms with Gasteiger partial charge < -0.3 is 14.6 Å². The monoisotopic (exact) mass is 468 g/mol. The first-order valence-electron chi connectivity index (χ1n) is 9.69. The lowest BCUT2D eigenvalue weighted by Gasteiger charge is -2.20. The molecule has 0 bridgehead atoms. The van der Waals surface area contributed by atoms with Gasteiger partial charge in [0.15, 0.2) is 5.16 Å². The number of furan rings is 1. The van der Waals surface area contributed by atoms with E-state index in [1.54, 1.807) is 62.8 Å². The molecule has 4 rings (SSSR count). The summed E-state index contributed by atoms with van der Waals surface area (Å²) in [4.78, 5) is 44.0. The van der Waals surface area contributed by atoms with Crippen LogP contribution in [0.1, 0.15) is 16.1 Å². The van der Waals surface area contributed by atoms with Gasteiger partial charge in [-0.3, -0.25) is 19.0 Å². The summed E-state index contributed by atoms with van der Waals surface area (Å²) in [6, 6.07) is 12.2. The molecule has 0 unspecified atom stereocenters. The zero-order valence-corrected chi connectivity index (χ0v) is 19.0. The third-order valence-electron chi connectivity index (χ3n) is 4.86. The molecule has 0 fully saturated rings. The first-order valence-corrected chi connectivity index (χ1v) is 11.6. The van der Waals surface area contributed by atoms with E-state index in [-0.39, 0.29) is 29.7 Å². The summed E-state index contributed by atoms with van der Waals surface area (Å²) in [5, 5.41) is 5.08. The number of nitrogens with one attached hydrogen (secondary N) is 1. The fraction of sp³-hybridized carbons (Fsp3) is 0.182. The second-order valence-corrected chi connectivity index (χ2v) is 8.77. The molecule has 0 radical (unpaired) electrons. The zero-order chi connectivity index (χ0) is 22.7. The van der Waals surface area contributed by atoms with Gasteiger partial charge >= 0.3 is 0 Å². The molecule has 0 aliphatic rings. The third kappa shape index (κ3) is 4.46. The Morgan fingerprint density at radius 3 is 2.81 bits per heavy atom. The van der Waals surface area contributed by atoms with Gasteiger partial charge in [0.2, 0.25) is 5.91 Å². The molecule has 0 saturated heterocycles. The van der Waals surface area contributed by atoms with Crippen LogP contribution in [0, 0.1) is 0 Å². The summed E-state index contributed by atoms with van der Waals surface area (Å²) >= 11 is 2.53. The number of amides is 2. The fourth-order valence-electron chi connectivity index (χ4n) is 3.09. The molecule has 32 heavy (non-hydrogen) atoms. The average molecular weight is 469 g/mol. The van der Waals surface area contributed by atoms with Crippen molar-refractivity contribution in [3.63, 3.8) is 0 Å². The normalized spacial score (nSPS) is 10.9. The summed E-state index contributed by atoms with van der Waals surface area (Å²) < 4.78 is 7.28. The first-order chi connectivity index (χ1) is 15.5. The Morgan fingerprint density at radius 2 is 2.03 bits per heavy atom. The Hall–Kier alpha value is -3.37. The molecule has 0 atom stereocenters. The number of hydrogen-bond donors (Lipinski definition) is 1. The topological polar surface area (TPSA) is 97.4 Å². The number of benzene rings is 1. The molecular weight excluding hydrogens is 448 g/mol. The Kier molecular flexibility index (Phi) is 6.42. The van der Waals surface area contributed by atoms with Crippen LogP contribution in [0.15, 0.2) is 68.5 Å². The van der Waals surface area contributed by atoms with Gasteiger partial charge in [0.1, 0.15) is 10.5 Å². The van der Waals surface area contributed by atoms with Crippen molar-refractivity contribution in [2.75, 3.05) is 17.7 Å². The summed E-state index contributed by atoms with van der Waals surface area (Å²) in [7, 11) is 3.26. The molecule has 164 valence electrons. The standard InChI is InChI=1S/C22H20N4O4S2/c1-25(17-8-4-3-7-15(17)20(28)23-12-14-6-5-10-30-14)18(27)13-32-22-24-16-9-11-31-19(16)21(29)26(22)2/h3-11H,12-13H2,1-2H3,(H,23,28). The second-order valence-electron chi connectivity index (χ2n) is 6.91. The zero-order valence-electron chi connectivity index (χ0n) is 17.4. The van der Waals surface area contributed by atoms with Gasteiger partial charge in [-0.25, -0.2) is 4.98 Å². The molecule has 1 aromatic carbocycles. The van der Waals surface area contributed by atoms with Gasteiger partial charge in [-0.15, -0.1) is 11.3 Å². The summed E-state index contributed by atoms with van der Waals surface area (Å²) in [6.07, 6.45) is 1.54. The first kappa shape index (κ1) is 21.8. The van der Waals surface area contributed by atoms with Crippen LogP contribution in [0.25, 0.3) is 10.2 Å². The van der Waals surface area contributed by atoms with Crippen molar-refractivity contribution >= 4 is 50.8 Å². The van der Waals surface area contributed by atoms with Gasteiger partial charge in [0.05, 0.1) is 35.3 Å². The number of carbonyl (C=O) groups excluding carboxylic acids is 2. The highest BCUT2D eigenvalue weighted by Crippen LogP contribution is 2.23. The van der Waals surface area contributed by atoms with Crippen LogP contribution in [0.4, 0.5) is 5.69 Å². The second kappa shape index (κ2) is 9.41. The lowest BCUT2D eigenvalue weighted by Crippen LogP contribution is -2.32. The molecule has 8 nitrogen and oxygen atoms in total. The lowest BCUT2D eigenvalue weighted by molar-refractivity contribution is -0.115. The maximum Gasteiger partial charge on any atom is 0.271 e. The van der Waals surface area contributed by atoms with E-state index >= 15 is 0 Å². The molecule has 0 saturated carbocycles. The van der Waals surface area contributed by atoms with Crippen LogP contribution in [-0.2, 0) is 18.4 Å². The number of carbonyl (C=O) groups is 2. The van der Waals surface area contributed by atoms with Crippen LogP contribution >= 0.6 is 23.1 Å². The summed E-state index contributed by atoms with van der Waals surface area (Å²) in [5.41, 5.74) is 1.36. The number of thioether (sulfide) groups is 1. The molecule has 3 aromatic heterocycles. The quantitative estimate of drug-likeness (QED) is 0.330. The molecule has 10 heteroatoms. The van der Waals surface area contributed by atoms with Crippen molar-refractivity contribution < 1.29 is 14.0 Å². The summed E-state index contributed by atoms with van der Waals surface area (Å²) in [5.74, 6) is 0.170. The average Bonchev–Trinajstić information content (AvgIpc) is 3.50. The predicted octanol–water partition coefficient (Wildman–Crippen LogP) is 3.27. The number of fused-ring (bicyclic) bond motifs is 1. The number of para-hydroxylation sites is 1. The molecular formula is C22H20N4O4S2. The van der Waals surface area contributed by atoms with Crippen LogP contribution < -0.4 is 15.8 Å². The van der Waals surface area contributed by atoms with E-state index in [2.05, 4.69) is 10.3 Å². The largest absolute Gasteiger partial charge is 0.467 e. The summed E-state index contributed by atoms with van der Waals surface area (Å²) in [6.45, 7) is 0.248. The van der Waals surface area contributed by atoms with E-state index in [1.807, 2.05) is 5.38 Å². The maximum atomic E-state index is 12.9. The van der Waals surface area contributed by atoms with Gasteiger partial charge in [-0.05, 0) is 35.7 Å². The highest BCUT2D eigenvalue weighted by molar-refractivity contribution is 7.99. The van der Waals surface area contributed by atoms with E-state index in [0.29, 0.717) is 32.4 Å². The van der Waals surface area contributed by atoms with E-state index in [9.17, 15) is 14.4 Å². The van der Waals surface area contributed by atoms with E-state index in [4.69, 9.17) is 4.42 Å². The lowest BCUT2D eigenvalue weighted by atomic mass is 10.1. The molecule has 3 heterocycles. The Labute approximate surface area is 191 Å². The molecule has 4 aromatic rings. The van der Waals surface area contributed by atoms with Gasteiger partial charge in [-0.1, -0.05) is 23.9 Å². The number of rotatable bonds is 7. The van der Waals surface area contributed by atoms with Crippen molar-refractivity contribution in [3.05, 3.63) is 75.8 Å². The fourth-order valence-corrected chi connectivity index (χ4v) is 4.78. The van der Waals surface area contributed by atoms with E-state index in [0.717, 1.165) is 0 Å². The van der Waals surface area contributed by atoms with Crippen LogP contribution in [0.3, 0.4) is 0 Å². The highest BCUT2D eigenvalue weighted by Gasteiger charge is 2.20. The van der Waals surface area contributed by atoms with Gasteiger partial charge in [0.25, 0.3) is 11.5 Å². The minimum Gasteiger partial charge on any atom is -0.467 e. The maximum absolute atomic E-state index is 12.9. The van der Waals surface area contributed by atoms with Gasteiger partial charge in [-0.2, -0.15) is 0 Å². The van der Waals surface area contributed by atoms with Crippen molar-refractivity contribution in [1.82, 2.24) is 14.9 Å². The number of hydrogen-bond acceptors (Lipinski definition) is 7. The third-order valence-corrected chi connectivity index (χ3v) is 6.76. The van der Waals surface area contributed by atoms with Crippen molar-refractivity contribution in [2.24, 2.45) is 7.05 Å². The van der Waals surface area contributed by atoms with Crippen LogP contribution in [0.5, 0.6) is 0 Å². The highest BCUT2D eigenvalue weighted by atomic mass is 32.2. The SMILES string of the molecule is CN(C(=O)CSc1nc2ccsc2c(=O)n1C)c1ccccc1C(=O)NCc1ccco1. The predicted molar refractivity (Wildman–Crippen MR) is 125 cm³/mol. The van der Waals surface area contributed by atoms with E-state index < -0.39 is 0 Å². The van der Waals surface area contributed by atoms with Gasteiger partial charge in [0, 0.05) is 14.1 Å². The van der Waals surface area contributed by atoms with Crippen LogP contribution in [0.2, 0.25) is 0 Å². The van der Waals surface area contributed by atoms with Crippen molar-refractivity contribution in [2.45, 2.75) is 11.7 Å². The van der Waals surface area contributed by atoms with Crippen molar-refractivity contribution in [1.29, 1.82) is 0 Å². The van der Waals surface area contributed by atoms with E-state index in [1.165, 1.54) is 32.6 Å². The smallest absolute Gasteiger partial charge is 0.271 e. The van der Waals surface area contributed by atoms with Crippen LogP contribution in [-0.4, -0.2) is 34.2 Å². The number of anilines is 1. The minimum absolute atomic E-state index is 0.0643. The number of nitrogens with zero attached hydrogens (tertiary/aromatic N) is 3.